The van der Waals surface area contributed by atoms with E-state index in [9.17, 15) is 9.18 Å². The molecule has 0 bridgehead atoms. The van der Waals surface area contributed by atoms with Crippen molar-refractivity contribution in [1.29, 1.82) is 0 Å². The highest BCUT2D eigenvalue weighted by Crippen LogP contribution is 2.39. The summed E-state index contributed by atoms with van der Waals surface area (Å²) >= 11 is 1.24. The van der Waals surface area contributed by atoms with Crippen molar-refractivity contribution in [3.8, 4) is 10.4 Å². The first kappa shape index (κ1) is 13.5. The number of benzene rings is 1. The Hall–Kier alpha value is -1.88. The molecule has 1 aromatic heterocycles. The van der Waals surface area contributed by atoms with Gasteiger partial charge in [0.2, 0.25) is 0 Å². The summed E-state index contributed by atoms with van der Waals surface area (Å²) < 4.78 is 13.8. The molecule has 0 aliphatic rings. The average molecular weight is 278 g/mol. The second kappa shape index (κ2) is 5.40. The Balaban J connectivity index is 2.54. The maximum Gasteiger partial charge on any atom is 0.254 e. The minimum atomic E-state index is -0.311. The van der Waals surface area contributed by atoms with Gasteiger partial charge < -0.3 is 11.1 Å². The van der Waals surface area contributed by atoms with Crippen LogP contribution in [0.1, 0.15) is 22.8 Å². The predicted molar refractivity (Wildman–Crippen MR) is 76.9 cm³/mol. The molecule has 0 saturated heterocycles. The van der Waals surface area contributed by atoms with Crippen LogP contribution in [0.15, 0.2) is 24.3 Å². The lowest BCUT2D eigenvalue weighted by molar-refractivity contribution is 0.0956. The molecule has 100 valence electrons. The van der Waals surface area contributed by atoms with E-state index in [-0.39, 0.29) is 11.7 Å². The van der Waals surface area contributed by atoms with Crippen molar-refractivity contribution < 1.29 is 9.18 Å². The van der Waals surface area contributed by atoms with Crippen molar-refractivity contribution in [2.45, 2.75) is 13.8 Å². The topological polar surface area (TPSA) is 55.1 Å². The van der Waals surface area contributed by atoms with Crippen molar-refractivity contribution in [3.63, 3.8) is 0 Å². The minimum absolute atomic E-state index is 0.212. The molecule has 0 aliphatic heterocycles. The first-order chi connectivity index (χ1) is 9.06. The number of hydrogen-bond acceptors (Lipinski definition) is 3. The van der Waals surface area contributed by atoms with Crippen LogP contribution in [0.3, 0.4) is 0 Å². The summed E-state index contributed by atoms with van der Waals surface area (Å²) in [5.41, 5.74) is 7.55. The summed E-state index contributed by atoms with van der Waals surface area (Å²) in [4.78, 5) is 12.6. The fraction of sp³-hybridized carbons (Fsp3) is 0.214. The molecule has 0 aliphatic carbocycles. The van der Waals surface area contributed by atoms with E-state index >= 15 is 0 Å². The number of rotatable bonds is 3. The van der Waals surface area contributed by atoms with Crippen LogP contribution in [0.5, 0.6) is 0 Å². The Labute approximate surface area is 115 Å². The molecular weight excluding hydrogens is 263 g/mol. The monoisotopic (exact) mass is 278 g/mol. The Morgan fingerprint density at radius 3 is 2.74 bits per heavy atom. The van der Waals surface area contributed by atoms with Crippen molar-refractivity contribution in [2.75, 3.05) is 12.3 Å². The molecule has 0 unspecified atom stereocenters. The lowest BCUT2D eigenvalue weighted by Gasteiger charge is -2.04. The third-order valence-corrected chi connectivity index (χ3v) is 4.01. The number of nitrogens with two attached hydrogens (primary N) is 1. The van der Waals surface area contributed by atoms with E-state index in [1.165, 1.54) is 17.4 Å². The number of nitrogens with one attached hydrogen (secondary N) is 1. The van der Waals surface area contributed by atoms with Crippen molar-refractivity contribution in [1.82, 2.24) is 5.32 Å². The van der Waals surface area contributed by atoms with E-state index in [2.05, 4.69) is 5.32 Å². The molecular formula is C14H15FN2OS. The van der Waals surface area contributed by atoms with Crippen molar-refractivity contribution >= 4 is 22.2 Å². The van der Waals surface area contributed by atoms with Gasteiger partial charge in [0.1, 0.15) is 5.82 Å². The highest BCUT2D eigenvalue weighted by molar-refractivity contribution is 7.19. The van der Waals surface area contributed by atoms with Gasteiger partial charge >= 0.3 is 0 Å². The van der Waals surface area contributed by atoms with Crippen LogP contribution < -0.4 is 11.1 Å². The molecule has 0 radical (unpaired) electrons. The first-order valence-corrected chi connectivity index (χ1v) is 6.79. The fourth-order valence-corrected chi connectivity index (χ4v) is 3.07. The third-order valence-electron chi connectivity index (χ3n) is 2.86. The number of anilines is 1. The van der Waals surface area contributed by atoms with Gasteiger partial charge in [-0.3, -0.25) is 4.79 Å². The SMILES string of the molecule is CCNC(=O)c1c(N)sc(-c2ccccc2F)c1C. The van der Waals surface area contributed by atoms with E-state index in [1.54, 1.807) is 25.1 Å². The van der Waals surface area contributed by atoms with E-state index < -0.39 is 0 Å². The lowest BCUT2D eigenvalue weighted by atomic mass is 10.1. The van der Waals surface area contributed by atoms with Gasteiger partial charge in [0.05, 0.1) is 10.6 Å². The molecule has 3 nitrogen and oxygen atoms in total. The number of amides is 1. The maximum atomic E-state index is 13.8. The molecule has 3 N–H and O–H groups in total. The highest BCUT2D eigenvalue weighted by atomic mass is 32.1. The van der Waals surface area contributed by atoms with Gasteiger partial charge in [-0.05, 0) is 25.5 Å². The lowest BCUT2D eigenvalue weighted by Crippen LogP contribution is -2.23. The summed E-state index contributed by atoms with van der Waals surface area (Å²) in [6.07, 6.45) is 0. The molecule has 0 saturated carbocycles. The minimum Gasteiger partial charge on any atom is -0.390 e. The number of carbonyl (C=O) groups excluding carboxylic acids is 1. The van der Waals surface area contributed by atoms with E-state index in [0.717, 1.165) is 5.56 Å². The second-order valence-electron chi connectivity index (χ2n) is 4.13. The first-order valence-electron chi connectivity index (χ1n) is 5.98. The normalized spacial score (nSPS) is 10.5. The fourth-order valence-electron chi connectivity index (χ4n) is 1.97. The number of halogens is 1. The summed E-state index contributed by atoms with van der Waals surface area (Å²) in [5.74, 6) is -0.523. The van der Waals surface area contributed by atoms with Gasteiger partial charge in [-0.25, -0.2) is 4.39 Å². The Morgan fingerprint density at radius 2 is 2.11 bits per heavy atom. The molecule has 0 atom stereocenters. The Morgan fingerprint density at radius 1 is 1.42 bits per heavy atom. The Bertz CT molecular complexity index is 622. The smallest absolute Gasteiger partial charge is 0.254 e. The number of thiophene rings is 1. The third kappa shape index (κ3) is 2.46. The maximum absolute atomic E-state index is 13.8. The molecule has 1 aromatic carbocycles. The number of hydrogen-bond donors (Lipinski definition) is 2. The molecule has 0 spiro atoms. The van der Waals surface area contributed by atoms with Crippen molar-refractivity contribution in [3.05, 3.63) is 41.2 Å². The quantitative estimate of drug-likeness (QED) is 0.906. The van der Waals surface area contributed by atoms with Crippen LogP contribution in [-0.2, 0) is 0 Å². The van der Waals surface area contributed by atoms with Gasteiger partial charge in [-0.1, -0.05) is 18.2 Å². The number of nitrogen functional groups attached to an aromatic ring is 1. The largest absolute Gasteiger partial charge is 0.390 e. The molecule has 1 amide bonds. The summed E-state index contributed by atoms with van der Waals surface area (Å²) in [6.45, 7) is 4.16. The van der Waals surface area contributed by atoms with Gasteiger partial charge in [0, 0.05) is 17.0 Å². The van der Waals surface area contributed by atoms with Gasteiger partial charge in [0.15, 0.2) is 0 Å². The molecule has 1 heterocycles. The molecule has 2 aromatic rings. The van der Waals surface area contributed by atoms with Crippen LogP contribution >= 0.6 is 11.3 Å². The standard InChI is InChI=1S/C14H15FN2OS/c1-3-17-14(18)11-8(2)12(19-13(11)16)9-6-4-5-7-10(9)15/h4-7H,3,16H2,1-2H3,(H,17,18). The second-order valence-corrected chi connectivity index (χ2v) is 5.19. The zero-order chi connectivity index (χ0) is 14.0. The zero-order valence-electron chi connectivity index (χ0n) is 10.8. The van der Waals surface area contributed by atoms with E-state index in [4.69, 9.17) is 5.73 Å². The van der Waals surface area contributed by atoms with Crippen LogP contribution in [-0.4, -0.2) is 12.5 Å². The molecule has 5 heteroatoms. The average Bonchev–Trinajstić information content (AvgIpc) is 2.66. The van der Waals surface area contributed by atoms with Gasteiger partial charge in [-0.15, -0.1) is 11.3 Å². The summed E-state index contributed by atoms with van der Waals surface area (Å²) in [6, 6.07) is 6.49. The van der Waals surface area contributed by atoms with Crippen LogP contribution in [0.25, 0.3) is 10.4 Å². The highest BCUT2D eigenvalue weighted by Gasteiger charge is 2.21. The van der Waals surface area contributed by atoms with E-state index in [1.807, 2.05) is 6.92 Å². The van der Waals surface area contributed by atoms with Crippen LogP contribution in [0.4, 0.5) is 9.39 Å². The summed E-state index contributed by atoms with van der Waals surface area (Å²) in [5, 5.41) is 3.14. The van der Waals surface area contributed by atoms with Gasteiger partial charge in [0.25, 0.3) is 5.91 Å². The Kier molecular flexibility index (Phi) is 3.85. The zero-order valence-corrected chi connectivity index (χ0v) is 11.6. The van der Waals surface area contributed by atoms with Crippen molar-refractivity contribution in [2.24, 2.45) is 0 Å². The molecule has 2 rings (SSSR count). The van der Waals surface area contributed by atoms with E-state index in [0.29, 0.717) is 27.5 Å². The van der Waals surface area contributed by atoms with Crippen LogP contribution in [0, 0.1) is 12.7 Å². The van der Waals surface area contributed by atoms with Gasteiger partial charge in [-0.2, -0.15) is 0 Å². The van der Waals surface area contributed by atoms with Crippen LogP contribution in [0.2, 0.25) is 0 Å². The molecule has 0 fully saturated rings. The summed E-state index contributed by atoms with van der Waals surface area (Å²) in [7, 11) is 0. The molecule has 19 heavy (non-hydrogen) atoms. The predicted octanol–water partition coefficient (Wildman–Crippen LogP) is 3.19. The number of carbonyl (C=O) groups is 1.